The normalized spacial score (nSPS) is 16.6. The predicted octanol–water partition coefficient (Wildman–Crippen LogP) is 0.0626. The molecule has 0 aromatic heterocycles. The zero-order valence-electron chi connectivity index (χ0n) is 16.5. The van der Waals surface area contributed by atoms with E-state index in [1.54, 1.807) is 30.1 Å². The largest absolute Gasteiger partial charge is 0.480 e. The fraction of sp³-hybridized carbons (Fsp3) is 0.500. The Labute approximate surface area is 169 Å². The van der Waals surface area contributed by atoms with Crippen molar-refractivity contribution in [3.63, 3.8) is 0 Å². The van der Waals surface area contributed by atoms with Gasteiger partial charge in [0.2, 0.25) is 5.91 Å². The highest BCUT2D eigenvalue weighted by Crippen LogP contribution is 2.19. The third kappa shape index (κ3) is 6.80. The molecular formula is C18H25N3O7S. The second-order valence-electron chi connectivity index (χ2n) is 7.81. The van der Waals surface area contributed by atoms with Crippen LogP contribution in [0.1, 0.15) is 29.8 Å². The number of amides is 1. The summed E-state index contributed by atoms with van der Waals surface area (Å²) in [5.74, 6) is -2.11. The molecule has 1 aromatic carbocycles. The summed E-state index contributed by atoms with van der Waals surface area (Å²) in [6.45, 7) is 3.78. The number of carboxylic acid groups (broad SMARTS) is 1. The monoisotopic (exact) mass is 427 g/mol. The Bertz CT molecular complexity index is 898. The lowest BCUT2D eigenvalue weighted by atomic mass is 9.94. The van der Waals surface area contributed by atoms with E-state index in [9.17, 15) is 22.8 Å². The Morgan fingerprint density at radius 1 is 1.34 bits per heavy atom. The standard InChI is InChI=1S/C18H25N3O7S/c1-18(2,11-20(3)10-16(23)24)12-28-17(25)14-6-4-5-13(7-14)8-21-9-15(22)19-29(21,26)27/h4-7H,8-12H2,1-3H3,(H,19,22)(H,23,24). The summed E-state index contributed by atoms with van der Waals surface area (Å²) in [6, 6.07) is 6.33. The summed E-state index contributed by atoms with van der Waals surface area (Å²) in [5, 5.41) is 8.83. The molecule has 0 aliphatic carbocycles. The molecule has 10 nitrogen and oxygen atoms in total. The fourth-order valence-corrected chi connectivity index (χ4v) is 4.12. The molecule has 0 atom stereocenters. The molecule has 1 fully saturated rings. The second kappa shape index (κ2) is 8.89. The summed E-state index contributed by atoms with van der Waals surface area (Å²) >= 11 is 0. The van der Waals surface area contributed by atoms with Crippen LogP contribution in [0.5, 0.6) is 0 Å². The second-order valence-corrected chi connectivity index (χ2v) is 9.48. The Kier molecular flexibility index (Phi) is 6.98. The van der Waals surface area contributed by atoms with Crippen molar-refractivity contribution in [2.24, 2.45) is 5.41 Å². The molecule has 160 valence electrons. The van der Waals surface area contributed by atoms with Gasteiger partial charge in [0.15, 0.2) is 0 Å². The van der Waals surface area contributed by atoms with Crippen LogP contribution in [0.25, 0.3) is 0 Å². The maximum atomic E-state index is 12.4. The minimum absolute atomic E-state index is 0.0479. The first-order valence-corrected chi connectivity index (χ1v) is 10.3. The molecule has 29 heavy (non-hydrogen) atoms. The van der Waals surface area contributed by atoms with Gasteiger partial charge in [-0.2, -0.15) is 12.7 Å². The highest BCUT2D eigenvalue weighted by Gasteiger charge is 2.33. The van der Waals surface area contributed by atoms with Crippen molar-refractivity contribution in [2.45, 2.75) is 20.4 Å². The van der Waals surface area contributed by atoms with E-state index >= 15 is 0 Å². The maximum Gasteiger partial charge on any atom is 0.338 e. The number of carboxylic acids is 1. The lowest BCUT2D eigenvalue weighted by molar-refractivity contribution is -0.138. The summed E-state index contributed by atoms with van der Waals surface area (Å²) < 4.78 is 31.9. The van der Waals surface area contributed by atoms with Crippen molar-refractivity contribution in [3.05, 3.63) is 35.4 Å². The Hall–Kier alpha value is -2.50. The first-order valence-electron chi connectivity index (χ1n) is 8.85. The van der Waals surface area contributed by atoms with E-state index in [4.69, 9.17) is 9.84 Å². The molecule has 1 heterocycles. The molecule has 0 bridgehead atoms. The third-order valence-corrected chi connectivity index (χ3v) is 5.55. The topological polar surface area (TPSA) is 133 Å². The number of rotatable bonds is 9. The Balaban J connectivity index is 1.97. The maximum absolute atomic E-state index is 12.4. The van der Waals surface area contributed by atoms with Crippen molar-refractivity contribution in [1.29, 1.82) is 0 Å². The molecule has 2 rings (SSSR count). The third-order valence-electron chi connectivity index (χ3n) is 4.12. The molecule has 11 heteroatoms. The molecule has 1 aromatic rings. The van der Waals surface area contributed by atoms with Gasteiger partial charge >= 0.3 is 22.1 Å². The quantitative estimate of drug-likeness (QED) is 0.529. The SMILES string of the molecule is CN(CC(=O)O)CC(C)(C)COC(=O)c1cccc(CN2CC(=O)NS2(=O)=O)c1. The number of hydrogen-bond donors (Lipinski definition) is 2. The summed E-state index contributed by atoms with van der Waals surface area (Å²) in [6.07, 6.45) is 0. The van der Waals surface area contributed by atoms with Gasteiger partial charge in [-0.3, -0.25) is 14.5 Å². The van der Waals surface area contributed by atoms with E-state index in [0.717, 1.165) is 4.31 Å². The van der Waals surface area contributed by atoms with E-state index in [-0.39, 0.29) is 31.8 Å². The van der Waals surface area contributed by atoms with Gasteiger partial charge in [-0.1, -0.05) is 26.0 Å². The average Bonchev–Trinajstić information content (AvgIpc) is 2.83. The lowest BCUT2D eigenvalue weighted by Crippen LogP contribution is -2.37. The highest BCUT2D eigenvalue weighted by molar-refractivity contribution is 7.88. The summed E-state index contributed by atoms with van der Waals surface area (Å²) in [4.78, 5) is 36.1. The average molecular weight is 427 g/mol. The number of nitrogens with zero attached hydrogens (tertiary/aromatic N) is 2. The lowest BCUT2D eigenvalue weighted by Gasteiger charge is -2.29. The zero-order valence-corrected chi connectivity index (χ0v) is 17.4. The summed E-state index contributed by atoms with van der Waals surface area (Å²) in [7, 11) is -2.17. The predicted molar refractivity (Wildman–Crippen MR) is 103 cm³/mol. The van der Waals surface area contributed by atoms with Crippen molar-refractivity contribution in [1.82, 2.24) is 13.9 Å². The molecule has 0 unspecified atom stereocenters. The minimum atomic E-state index is -3.85. The Morgan fingerprint density at radius 2 is 2.03 bits per heavy atom. The molecular weight excluding hydrogens is 402 g/mol. The van der Waals surface area contributed by atoms with Gasteiger partial charge in [-0.25, -0.2) is 9.52 Å². The van der Waals surface area contributed by atoms with Crippen molar-refractivity contribution in [3.8, 4) is 0 Å². The number of hydrogen-bond acceptors (Lipinski definition) is 7. The van der Waals surface area contributed by atoms with E-state index in [1.807, 2.05) is 18.6 Å². The van der Waals surface area contributed by atoms with E-state index < -0.39 is 33.5 Å². The number of likely N-dealkylation sites (N-methyl/N-ethyl adjacent to an activating group) is 1. The van der Waals surface area contributed by atoms with Crippen molar-refractivity contribution >= 4 is 28.1 Å². The zero-order chi connectivity index (χ0) is 21.8. The van der Waals surface area contributed by atoms with Crippen LogP contribution in [-0.2, 0) is 31.1 Å². The molecule has 2 N–H and O–H groups in total. The fourth-order valence-electron chi connectivity index (χ4n) is 3.03. The van der Waals surface area contributed by atoms with Crippen LogP contribution in [0, 0.1) is 5.41 Å². The van der Waals surface area contributed by atoms with E-state index in [0.29, 0.717) is 12.1 Å². The number of aliphatic carboxylic acids is 1. The number of esters is 1. The minimum Gasteiger partial charge on any atom is -0.480 e. The first kappa shape index (κ1) is 22.8. The Morgan fingerprint density at radius 3 is 2.62 bits per heavy atom. The number of carbonyl (C=O) groups is 3. The molecule has 0 radical (unpaired) electrons. The van der Waals surface area contributed by atoms with Gasteiger partial charge in [0, 0.05) is 18.5 Å². The van der Waals surface area contributed by atoms with Crippen molar-refractivity contribution in [2.75, 3.05) is 33.3 Å². The van der Waals surface area contributed by atoms with E-state index in [1.165, 1.54) is 6.07 Å². The number of nitrogens with one attached hydrogen (secondary N) is 1. The van der Waals surface area contributed by atoms with Crippen molar-refractivity contribution < 1.29 is 32.6 Å². The van der Waals surface area contributed by atoms with Gasteiger partial charge in [0.1, 0.15) is 0 Å². The van der Waals surface area contributed by atoms with Crippen LogP contribution in [0.15, 0.2) is 24.3 Å². The smallest absolute Gasteiger partial charge is 0.338 e. The molecule has 1 amide bonds. The molecule has 0 spiro atoms. The van der Waals surface area contributed by atoms with Gasteiger partial charge in [0.25, 0.3) is 0 Å². The molecule has 1 aliphatic rings. The van der Waals surface area contributed by atoms with Crippen LogP contribution in [0.4, 0.5) is 0 Å². The van der Waals surface area contributed by atoms with Gasteiger partial charge < -0.3 is 9.84 Å². The van der Waals surface area contributed by atoms with Gasteiger partial charge in [-0.15, -0.1) is 0 Å². The van der Waals surface area contributed by atoms with Gasteiger partial charge in [-0.05, 0) is 24.7 Å². The molecule has 1 saturated heterocycles. The highest BCUT2D eigenvalue weighted by atomic mass is 32.2. The number of ether oxygens (including phenoxy) is 1. The summed E-state index contributed by atoms with van der Waals surface area (Å²) in [5.41, 5.74) is 0.334. The first-order chi connectivity index (χ1) is 13.4. The number of carbonyl (C=O) groups excluding carboxylic acids is 2. The van der Waals surface area contributed by atoms with Crippen LogP contribution in [0.2, 0.25) is 0 Å². The molecule has 0 saturated carbocycles. The van der Waals surface area contributed by atoms with Crippen LogP contribution >= 0.6 is 0 Å². The van der Waals surface area contributed by atoms with E-state index in [2.05, 4.69) is 0 Å². The van der Waals surface area contributed by atoms with Crippen LogP contribution in [-0.4, -0.2) is 73.9 Å². The molecule has 1 aliphatic heterocycles. The van der Waals surface area contributed by atoms with Crippen LogP contribution in [0.3, 0.4) is 0 Å². The number of benzene rings is 1. The van der Waals surface area contributed by atoms with Crippen LogP contribution < -0.4 is 4.72 Å². The van der Waals surface area contributed by atoms with Gasteiger partial charge in [0.05, 0.1) is 25.3 Å².